The Morgan fingerprint density at radius 3 is 2.53 bits per heavy atom. The SMILES string of the molecule is CSc1ccc(COC2CN(C(Cl)Cl)CCC2c2ccc(OCCCOCc3cccs3)cc2)cc1. The predicted octanol–water partition coefficient (Wildman–Crippen LogP) is 7.59. The molecular weight excluding hydrogens is 533 g/mol. The zero-order valence-electron chi connectivity index (χ0n) is 20.5. The van der Waals surface area contributed by atoms with Crippen LogP contribution < -0.4 is 4.74 Å². The summed E-state index contributed by atoms with van der Waals surface area (Å²) in [6, 6.07) is 21.1. The Morgan fingerprint density at radius 1 is 1.03 bits per heavy atom. The number of likely N-dealkylation sites (tertiary alicyclic amines) is 1. The first-order valence-electron chi connectivity index (χ1n) is 12.2. The minimum Gasteiger partial charge on any atom is -0.494 e. The first kappa shape index (κ1) is 27.8. The Hall–Kier alpha value is -1.25. The van der Waals surface area contributed by atoms with Gasteiger partial charge in [-0.1, -0.05) is 53.5 Å². The third-order valence-corrected chi connectivity index (χ3v) is 8.47. The molecule has 1 saturated heterocycles. The molecule has 0 bridgehead atoms. The molecule has 0 aliphatic carbocycles. The smallest absolute Gasteiger partial charge is 0.160 e. The van der Waals surface area contributed by atoms with E-state index in [4.69, 9.17) is 37.4 Å². The van der Waals surface area contributed by atoms with Crippen molar-refractivity contribution in [1.82, 2.24) is 4.90 Å². The van der Waals surface area contributed by atoms with E-state index in [9.17, 15) is 0 Å². The van der Waals surface area contributed by atoms with Crippen LogP contribution in [0.5, 0.6) is 5.75 Å². The molecule has 0 saturated carbocycles. The molecule has 8 heteroatoms. The van der Waals surface area contributed by atoms with E-state index in [1.807, 2.05) is 6.07 Å². The molecule has 1 aliphatic rings. The molecule has 2 aromatic carbocycles. The fourth-order valence-electron chi connectivity index (χ4n) is 4.32. The van der Waals surface area contributed by atoms with Gasteiger partial charge in [-0.2, -0.15) is 0 Å². The summed E-state index contributed by atoms with van der Waals surface area (Å²) in [6.07, 6.45) is 3.89. The summed E-state index contributed by atoms with van der Waals surface area (Å²) in [6.45, 7) is 4.11. The molecule has 0 radical (unpaired) electrons. The highest BCUT2D eigenvalue weighted by molar-refractivity contribution is 7.98. The van der Waals surface area contributed by atoms with Gasteiger partial charge in [0.1, 0.15) is 5.75 Å². The van der Waals surface area contributed by atoms with Gasteiger partial charge in [0, 0.05) is 35.2 Å². The number of alkyl halides is 2. The zero-order chi connectivity index (χ0) is 25.2. The van der Waals surface area contributed by atoms with Crippen molar-refractivity contribution < 1.29 is 14.2 Å². The minimum absolute atomic E-state index is 0.00578. The molecule has 1 aliphatic heterocycles. The van der Waals surface area contributed by atoms with Crippen molar-refractivity contribution in [3.8, 4) is 5.75 Å². The number of thiophene rings is 1. The van der Waals surface area contributed by atoms with E-state index in [0.717, 1.165) is 25.1 Å². The molecule has 3 aromatic rings. The molecule has 2 atom stereocenters. The van der Waals surface area contributed by atoms with Gasteiger partial charge in [-0.25, -0.2) is 0 Å². The van der Waals surface area contributed by atoms with Crippen LogP contribution >= 0.6 is 46.3 Å². The van der Waals surface area contributed by atoms with Gasteiger partial charge < -0.3 is 14.2 Å². The van der Waals surface area contributed by atoms with Crippen molar-refractivity contribution in [3.05, 3.63) is 82.0 Å². The Morgan fingerprint density at radius 2 is 1.83 bits per heavy atom. The van der Waals surface area contributed by atoms with Crippen LogP contribution in [0, 0.1) is 0 Å². The predicted molar refractivity (Wildman–Crippen MR) is 152 cm³/mol. The number of piperidine rings is 1. The van der Waals surface area contributed by atoms with Crippen LogP contribution in [-0.4, -0.2) is 48.5 Å². The van der Waals surface area contributed by atoms with Gasteiger partial charge in [-0.3, -0.25) is 4.90 Å². The Labute approximate surface area is 232 Å². The summed E-state index contributed by atoms with van der Waals surface area (Å²) >= 11 is 15.9. The second kappa shape index (κ2) is 14.6. The number of thioether (sulfide) groups is 1. The molecule has 194 valence electrons. The molecule has 4 nitrogen and oxygen atoms in total. The minimum atomic E-state index is -0.525. The second-order valence-electron chi connectivity index (χ2n) is 8.77. The highest BCUT2D eigenvalue weighted by Gasteiger charge is 2.33. The number of benzene rings is 2. The molecule has 0 spiro atoms. The summed E-state index contributed by atoms with van der Waals surface area (Å²) in [5, 5.41) is 2.07. The number of halogens is 2. The lowest BCUT2D eigenvalue weighted by molar-refractivity contribution is -0.0226. The van der Waals surface area contributed by atoms with Crippen LogP contribution in [0.1, 0.15) is 34.8 Å². The molecule has 1 aromatic heterocycles. The van der Waals surface area contributed by atoms with Gasteiger partial charge in [-0.05, 0) is 59.5 Å². The Balaban J connectivity index is 1.28. The maximum Gasteiger partial charge on any atom is 0.160 e. The Bertz CT molecular complexity index is 1020. The van der Waals surface area contributed by atoms with E-state index in [1.165, 1.54) is 20.9 Å². The van der Waals surface area contributed by atoms with E-state index >= 15 is 0 Å². The molecule has 0 N–H and O–H groups in total. The number of rotatable bonds is 13. The molecule has 0 amide bonds. The van der Waals surface area contributed by atoms with Gasteiger partial charge in [-0.15, -0.1) is 23.1 Å². The van der Waals surface area contributed by atoms with Crippen LogP contribution in [0.15, 0.2) is 70.9 Å². The zero-order valence-corrected chi connectivity index (χ0v) is 23.6. The number of nitrogens with zero attached hydrogens (tertiary/aromatic N) is 1. The molecular formula is C28H33Cl2NO3S2. The molecule has 2 heterocycles. The normalized spacial score (nSPS) is 18.6. The lowest BCUT2D eigenvalue weighted by Crippen LogP contribution is -2.45. The number of hydrogen-bond acceptors (Lipinski definition) is 6. The van der Waals surface area contributed by atoms with E-state index in [0.29, 0.717) is 33.0 Å². The first-order valence-corrected chi connectivity index (χ1v) is 15.2. The van der Waals surface area contributed by atoms with Gasteiger partial charge in [0.15, 0.2) is 4.96 Å². The standard InChI is InChI=1S/C28H33Cl2NO3S2/c1-35-24-11-5-21(6-12-24)19-34-27-18-31(28(29)30)14-13-26(27)22-7-9-23(10-8-22)33-16-3-15-32-20-25-4-2-17-36-25/h2,4-12,17,26-28H,3,13-16,18-20H2,1H3. The number of hydrogen-bond donors (Lipinski definition) is 0. The third-order valence-electron chi connectivity index (χ3n) is 6.32. The third kappa shape index (κ3) is 8.38. The molecule has 2 unspecified atom stereocenters. The average molecular weight is 567 g/mol. The average Bonchev–Trinajstić information content (AvgIpc) is 3.43. The summed E-state index contributed by atoms with van der Waals surface area (Å²) in [7, 11) is 0. The van der Waals surface area contributed by atoms with Crippen molar-refractivity contribution >= 4 is 46.3 Å². The van der Waals surface area contributed by atoms with Crippen LogP contribution in [0.25, 0.3) is 0 Å². The van der Waals surface area contributed by atoms with Crippen LogP contribution in [-0.2, 0) is 22.7 Å². The largest absolute Gasteiger partial charge is 0.494 e. The Kier molecular flexibility index (Phi) is 11.3. The topological polar surface area (TPSA) is 30.9 Å². The fourth-order valence-corrected chi connectivity index (χ4v) is 5.73. The monoisotopic (exact) mass is 565 g/mol. The maximum absolute atomic E-state index is 6.44. The lowest BCUT2D eigenvalue weighted by Gasteiger charge is -2.39. The van der Waals surface area contributed by atoms with Crippen LogP contribution in [0.4, 0.5) is 0 Å². The highest BCUT2D eigenvalue weighted by atomic mass is 35.5. The van der Waals surface area contributed by atoms with Crippen LogP contribution in [0.2, 0.25) is 0 Å². The van der Waals surface area contributed by atoms with Crippen molar-refractivity contribution in [3.63, 3.8) is 0 Å². The highest BCUT2D eigenvalue weighted by Crippen LogP contribution is 2.34. The van der Waals surface area contributed by atoms with Gasteiger partial charge in [0.25, 0.3) is 0 Å². The fraction of sp³-hybridized carbons (Fsp3) is 0.429. The summed E-state index contributed by atoms with van der Waals surface area (Å²) < 4.78 is 18.1. The van der Waals surface area contributed by atoms with Crippen molar-refractivity contribution in [2.24, 2.45) is 0 Å². The number of ether oxygens (including phenoxy) is 3. The summed E-state index contributed by atoms with van der Waals surface area (Å²) in [5.74, 6) is 1.15. The van der Waals surface area contributed by atoms with E-state index in [2.05, 4.69) is 71.1 Å². The van der Waals surface area contributed by atoms with Gasteiger partial charge in [0.2, 0.25) is 0 Å². The quantitative estimate of drug-likeness (QED) is 0.0921. The summed E-state index contributed by atoms with van der Waals surface area (Å²) in [5.41, 5.74) is 2.42. The molecule has 36 heavy (non-hydrogen) atoms. The van der Waals surface area contributed by atoms with Gasteiger partial charge >= 0.3 is 0 Å². The van der Waals surface area contributed by atoms with Gasteiger partial charge in [0.05, 0.1) is 32.5 Å². The second-order valence-corrected chi connectivity index (χ2v) is 11.7. The van der Waals surface area contributed by atoms with Crippen molar-refractivity contribution in [1.29, 1.82) is 0 Å². The summed E-state index contributed by atoms with van der Waals surface area (Å²) in [4.78, 5) is 4.04. The molecule has 4 rings (SSSR count). The van der Waals surface area contributed by atoms with Crippen LogP contribution in [0.3, 0.4) is 0 Å². The van der Waals surface area contributed by atoms with Crippen molar-refractivity contribution in [2.45, 2.75) is 47.9 Å². The first-order chi connectivity index (χ1) is 17.6. The lowest BCUT2D eigenvalue weighted by atomic mass is 9.87. The van der Waals surface area contributed by atoms with E-state index < -0.39 is 4.96 Å². The molecule has 1 fully saturated rings. The van der Waals surface area contributed by atoms with E-state index in [1.54, 1.807) is 23.1 Å². The van der Waals surface area contributed by atoms with E-state index in [-0.39, 0.29) is 12.0 Å². The maximum atomic E-state index is 6.44. The van der Waals surface area contributed by atoms with Crippen molar-refractivity contribution in [2.75, 3.05) is 32.6 Å².